The molecule has 0 heterocycles. The molecule has 0 amide bonds. The maximum atomic E-state index is 8.70. The smallest absolute Gasteiger partial charge is 0.170 e. The van der Waals surface area contributed by atoms with Gasteiger partial charge in [0.2, 0.25) is 0 Å². The van der Waals surface area contributed by atoms with Gasteiger partial charge in [-0.05, 0) is 57.7 Å². The molecule has 0 fully saturated rings. The van der Waals surface area contributed by atoms with Crippen LogP contribution >= 0.6 is 27.7 Å². The standard InChI is InChI=1S/C16H17BrN2OS/c1-10(2)11-3-6-13(7-4-11)21-15-8-5-12(9-14(15)17)16(18)19-20/h3-10,20H,1-2H3,(H2,18,19). The van der Waals surface area contributed by atoms with Crippen molar-refractivity contribution in [3.05, 3.63) is 58.1 Å². The van der Waals surface area contributed by atoms with E-state index in [0.717, 1.165) is 9.37 Å². The van der Waals surface area contributed by atoms with E-state index in [1.165, 1.54) is 10.5 Å². The molecule has 0 bridgehead atoms. The number of hydrogen-bond donors (Lipinski definition) is 2. The van der Waals surface area contributed by atoms with Gasteiger partial charge in [0.15, 0.2) is 5.84 Å². The molecule has 0 unspecified atom stereocenters. The molecule has 0 aliphatic rings. The molecule has 3 nitrogen and oxygen atoms in total. The van der Waals surface area contributed by atoms with E-state index in [1.807, 2.05) is 18.2 Å². The van der Waals surface area contributed by atoms with Crippen molar-refractivity contribution in [2.24, 2.45) is 10.9 Å². The van der Waals surface area contributed by atoms with Crippen LogP contribution in [0.1, 0.15) is 30.9 Å². The minimum atomic E-state index is 0.105. The average molecular weight is 365 g/mol. The Morgan fingerprint density at radius 2 is 1.86 bits per heavy atom. The lowest BCUT2D eigenvalue weighted by Crippen LogP contribution is -2.12. The molecule has 110 valence electrons. The summed E-state index contributed by atoms with van der Waals surface area (Å²) in [5, 5.41) is 11.7. The van der Waals surface area contributed by atoms with Crippen molar-refractivity contribution in [1.82, 2.24) is 0 Å². The number of hydrogen-bond acceptors (Lipinski definition) is 3. The summed E-state index contributed by atoms with van der Waals surface area (Å²) in [4.78, 5) is 2.26. The quantitative estimate of drug-likeness (QED) is 0.354. The molecule has 0 saturated heterocycles. The van der Waals surface area contributed by atoms with Gasteiger partial charge in [0.05, 0.1) is 0 Å². The van der Waals surface area contributed by atoms with Gasteiger partial charge in [-0.15, -0.1) is 0 Å². The second-order valence-corrected chi connectivity index (χ2v) is 6.93. The van der Waals surface area contributed by atoms with Crippen molar-refractivity contribution in [2.45, 2.75) is 29.6 Å². The van der Waals surface area contributed by atoms with Crippen molar-refractivity contribution >= 4 is 33.5 Å². The molecule has 3 N–H and O–H groups in total. The third-order valence-corrected chi connectivity index (χ3v) is 5.11. The molecule has 0 aliphatic heterocycles. The predicted octanol–water partition coefficient (Wildman–Crippen LogP) is 4.82. The van der Waals surface area contributed by atoms with Crippen molar-refractivity contribution in [3.63, 3.8) is 0 Å². The van der Waals surface area contributed by atoms with E-state index in [4.69, 9.17) is 10.9 Å². The van der Waals surface area contributed by atoms with Crippen LogP contribution in [0.2, 0.25) is 0 Å². The lowest BCUT2D eigenvalue weighted by atomic mass is 10.0. The zero-order chi connectivity index (χ0) is 15.4. The number of rotatable bonds is 4. The van der Waals surface area contributed by atoms with Crippen LogP contribution < -0.4 is 5.73 Å². The van der Waals surface area contributed by atoms with Crippen LogP contribution in [-0.2, 0) is 0 Å². The second kappa shape index (κ2) is 7.00. The second-order valence-electron chi connectivity index (χ2n) is 4.96. The van der Waals surface area contributed by atoms with Gasteiger partial charge >= 0.3 is 0 Å². The Bertz CT molecular complexity index is 654. The van der Waals surface area contributed by atoms with Gasteiger partial charge in [-0.1, -0.05) is 42.9 Å². The number of amidine groups is 1. The number of nitrogens with two attached hydrogens (primary N) is 1. The summed E-state index contributed by atoms with van der Waals surface area (Å²) >= 11 is 5.20. The van der Waals surface area contributed by atoms with Crippen molar-refractivity contribution in [1.29, 1.82) is 0 Å². The first kappa shape index (κ1) is 15.9. The number of halogens is 1. The summed E-state index contributed by atoms with van der Waals surface area (Å²) in [5.41, 5.74) is 7.60. The van der Waals surface area contributed by atoms with Gasteiger partial charge in [0, 0.05) is 19.8 Å². The normalized spacial score (nSPS) is 11.9. The van der Waals surface area contributed by atoms with Crippen molar-refractivity contribution in [2.75, 3.05) is 0 Å². The number of benzene rings is 2. The molecule has 2 aromatic rings. The molecule has 0 radical (unpaired) electrons. The van der Waals surface area contributed by atoms with Crippen molar-refractivity contribution < 1.29 is 5.21 Å². The summed E-state index contributed by atoms with van der Waals surface area (Å²) in [6.07, 6.45) is 0. The Morgan fingerprint density at radius 1 is 1.19 bits per heavy atom. The van der Waals surface area contributed by atoms with Crippen LogP contribution in [0.4, 0.5) is 0 Å². The van der Waals surface area contributed by atoms with E-state index < -0.39 is 0 Å². The highest BCUT2D eigenvalue weighted by Gasteiger charge is 2.07. The van der Waals surface area contributed by atoms with Crippen molar-refractivity contribution in [3.8, 4) is 0 Å². The Hall–Kier alpha value is -1.46. The van der Waals surface area contributed by atoms with E-state index in [2.05, 4.69) is 59.2 Å². The summed E-state index contributed by atoms with van der Waals surface area (Å²) in [6.45, 7) is 4.37. The van der Waals surface area contributed by atoms with E-state index in [9.17, 15) is 0 Å². The van der Waals surface area contributed by atoms with Gasteiger partial charge in [-0.2, -0.15) is 0 Å². The highest BCUT2D eigenvalue weighted by atomic mass is 79.9. The molecular formula is C16H17BrN2OS. The van der Waals surface area contributed by atoms with Crippen LogP contribution in [0.3, 0.4) is 0 Å². The lowest BCUT2D eigenvalue weighted by Gasteiger charge is -2.09. The van der Waals surface area contributed by atoms with Gasteiger partial charge in [-0.3, -0.25) is 0 Å². The van der Waals surface area contributed by atoms with Gasteiger partial charge in [0.25, 0.3) is 0 Å². The predicted molar refractivity (Wildman–Crippen MR) is 91.3 cm³/mol. The topological polar surface area (TPSA) is 58.6 Å². The fraction of sp³-hybridized carbons (Fsp3) is 0.188. The molecule has 0 aromatic heterocycles. The van der Waals surface area contributed by atoms with Crippen LogP contribution in [0.25, 0.3) is 0 Å². The van der Waals surface area contributed by atoms with E-state index >= 15 is 0 Å². The van der Waals surface area contributed by atoms with Crippen LogP contribution in [-0.4, -0.2) is 11.0 Å². The molecule has 0 spiro atoms. The zero-order valence-corrected chi connectivity index (χ0v) is 14.3. The minimum Gasteiger partial charge on any atom is -0.409 e. The molecule has 0 atom stereocenters. The SMILES string of the molecule is CC(C)c1ccc(Sc2ccc(/C(N)=N/O)cc2Br)cc1. The lowest BCUT2D eigenvalue weighted by molar-refractivity contribution is 0.318. The first-order chi connectivity index (χ1) is 10.0. The largest absolute Gasteiger partial charge is 0.409 e. The Labute approximate surface area is 137 Å². The summed E-state index contributed by atoms with van der Waals surface area (Å²) in [6, 6.07) is 14.2. The number of nitrogens with zero attached hydrogens (tertiary/aromatic N) is 1. The molecule has 2 rings (SSSR count). The van der Waals surface area contributed by atoms with E-state index in [1.54, 1.807) is 11.8 Å². The molecule has 21 heavy (non-hydrogen) atoms. The third-order valence-electron chi connectivity index (χ3n) is 3.11. The molecule has 5 heteroatoms. The van der Waals surface area contributed by atoms with Crippen LogP contribution in [0.15, 0.2) is 61.9 Å². The van der Waals surface area contributed by atoms with E-state index in [0.29, 0.717) is 11.5 Å². The van der Waals surface area contributed by atoms with Gasteiger partial charge in [0.1, 0.15) is 0 Å². The number of oxime groups is 1. The fourth-order valence-electron chi connectivity index (χ4n) is 1.85. The Morgan fingerprint density at radius 3 is 2.38 bits per heavy atom. The average Bonchev–Trinajstić information content (AvgIpc) is 2.49. The molecule has 2 aromatic carbocycles. The third kappa shape index (κ3) is 4.02. The Kier molecular flexibility index (Phi) is 5.31. The molecule has 0 aliphatic carbocycles. The molecular weight excluding hydrogens is 348 g/mol. The van der Waals surface area contributed by atoms with Gasteiger partial charge in [-0.25, -0.2) is 0 Å². The highest BCUT2D eigenvalue weighted by Crippen LogP contribution is 2.34. The summed E-state index contributed by atoms with van der Waals surface area (Å²) in [5.74, 6) is 0.643. The zero-order valence-electron chi connectivity index (χ0n) is 11.9. The fourth-order valence-corrected chi connectivity index (χ4v) is 3.29. The monoisotopic (exact) mass is 364 g/mol. The summed E-state index contributed by atoms with van der Waals surface area (Å²) in [7, 11) is 0. The highest BCUT2D eigenvalue weighted by molar-refractivity contribution is 9.10. The first-order valence-corrected chi connectivity index (χ1v) is 8.17. The maximum Gasteiger partial charge on any atom is 0.170 e. The van der Waals surface area contributed by atoms with E-state index in [-0.39, 0.29) is 5.84 Å². The maximum absolute atomic E-state index is 8.70. The first-order valence-electron chi connectivity index (χ1n) is 6.56. The van der Waals surface area contributed by atoms with Gasteiger partial charge < -0.3 is 10.9 Å². The Balaban J connectivity index is 2.20. The van der Waals surface area contributed by atoms with Crippen LogP contribution in [0, 0.1) is 0 Å². The summed E-state index contributed by atoms with van der Waals surface area (Å²) < 4.78 is 0.921. The molecule has 0 saturated carbocycles. The van der Waals surface area contributed by atoms with Crippen LogP contribution in [0.5, 0.6) is 0 Å². The minimum absolute atomic E-state index is 0.105.